The topological polar surface area (TPSA) is 67.2 Å². The van der Waals surface area contributed by atoms with Crippen LogP contribution in [0.3, 0.4) is 0 Å². The van der Waals surface area contributed by atoms with Crippen molar-refractivity contribution in [1.29, 1.82) is 0 Å². The van der Waals surface area contributed by atoms with Crippen molar-refractivity contribution in [1.82, 2.24) is 10.6 Å². The number of carbonyl (C=O) groups is 1. The van der Waals surface area contributed by atoms with Crippen LogP contribution in [0.1, 0.15) is 32.6 Å². The van der Waals surface area contributed by atoms with Crippen LogP contribution in [0, 0.1) is 0 Å². The fraction of sp³-hybridized carbons (Fsp3) is 0.778. The van der Waals surface area contributed by atoms with Gasteiger partial charge in [-0.3, -0.25) is 4.79 Å². The van der Waals surface area contributed by atoms with Gasteiger partial charge in [-0.1, -0.05) is 12.8 Å². The fourth-order valence-electron chi connectivity index (χ4n) is 1.56. The highest BCUT2D eigenvalue weighted by Crippen LogP contribution is 2.17. The molecular weight excluding hydrogens is 198 g/mol. The molecule has 4 N–H and O–H groups in total. The van der Waals surface area contributed by atoms with E-state index in [2.05, 4.69) is 10.6 Å². The number of rotatable bonds is 3. The predicted molar refractivity (Wildman–Crippen MR) is 59.8 cm³/mol. The quantitative estimate of drug-likeness (QED) is 0.591. The average Bonchev–Trinajstić information content (AvgIpc) is 2.56. The second-order valence-corrected chi connectivity index (χ2v) is 4.13. The first kappa shape index (κ1) is 11.2. The molecule has 0 spiro atoms. The van der Waals surface area contributed by atoms with E-state index in [9.17, 15) is 4.79 Å². The first-order valence-electron chi connectivity index (χ1n) is 4.96. The van der Waals surface area contributed by atoms with Gasteiger partial charge in [-0.05, 0) is 32.0 Å². The molecule has 0 aromatic rings. The minimum atomic E-state index is -0.406. The van der Waals surface area contributed by atoms with Gasteiger partial charge in [0.2, 0.25) is 5.91 Å². The van der Waals surface area contributed by atoms with Crippen LogP contribution in [0.5, 0.6) is 0 Å². The number of carbonyl (C=O) groups excluding carboxylic acids is 1. The Morgan fingerprint density at radius 2 is 2.07 bits per heavy atom. The van der Waals surface area contributed by atoms with Crippen molar-refractivity contribution in [3.63, 3.8) is 0 Å². The first-order valence-corrected chi connectivity index (χ1v) is 5.37. The van der Waals surface area contributed by atoms with Crippen molar-refractivity contribution in [2.45, 2.75) is 44.7 Å². The second-order valence-electron chi connectivity index (χ2n) is 3.72. The molecule has 14 heavy (non-hydrogen) atoms. The van der Waals surface area contributed by atoms with Gasteiger partial charge in [0.15, 0.2) is 5.11 Å². The molecule has 0 saturated heterocycles. The molecule has 4 nitrogen and oxygen atoms in total. The zero-order valence-corrected chi connectivity index (χ0v) is 9.19. The molecule has 5 heteroatoms. The maximum atomic E-state index is 10.7. The van der Waals surface area contributed by atoms with Crippen LogP contribution in [-0.2, 0) is 4.79 Å². The van der Waals surface area contributed by atoms with Crippen molar-refractivity contribution < 1.29 is 4.79 Å². The van der Waals surface area contributed by atoms with Crippen LogP contribution in [-0.4, -0.2) is 23.1 Å². The minimum absolute atomic E-state index is 0.388. The van der Waals surface area contributed by atoms with Crippen molar-refractivity contribution in [2.75, 3.05) is 0 Å². The summed E-state index contributed by atoms with van der Waals surface area (Å²) in [6.45, 7) is 1.70. The highest BCUT2D eigenvalue weighted by atomic mass is 32.1. The van der Waals surface area contributed by atoms with E-state index >= 15 is 0 Å². The average molecular weight is 215 g/mol. The van der Waals surface area contributed by atoms with Gasteiger partial charge in [0.05, 0.1) is 0 Å². The summed E-state index contributed by atoms with van der Waals surface area (Å²) in [5.41, 5.74) is 5.10. The van der Waals surface area contributed by atoms with Crippen LogP contribution in [0.2, 0.25) is 0 Å². The second kappa shape index (κ2) is 5.14. The molecule has 1 saturated carbocycles. The van der Waals surface area contributed by atoms with E-state index in [0.29, 0.717) is 11.2 Å². The van der Waals surface area contributed by atoms with Crippen molar-refractivity contribution >= 4 is 23.2 Å². The van der Waals surface area contributed by atoms with E-state index in [1.54, 1.807) is 6.92 Å². The van der Waals surface area contributed by atoms with Crippen molar-refractivity contribution in [2.24, 2.45) is 5.73 Å². The maximum absolute atomic E-state index is 10.7. The van der Waals surface area contributed by atoms with Crippen LogP contribution < -0.4 is 16.4 Å². The summed E-state index contributed by atoms with van der Waals surface area (Å²) in [5, 5.41) is 6.56. The molecule has 0 aromatic carbocycles. The number of amides is 1. The predicted octanol–water partition coefficient (Wildman–Crippen LogP) is 0.267. The standard InChI is InChI=1S/C9H17N3OS/c1-6(8(10)13)11-9(14)12-7-4-2-3-5-7/h6-7H,2-5H2,1H3,(H2,10,13)(H2,11,12,14). The van der Waals surface area contributed by atoms with E-state index in [0.717, 1.165) is 12.8 Å². The van der Waals surface area contributed by atoms with Gasteiger partial charge in [0, 0.05) is 6.04 Å². The smallest absolute Gasteiger partial charge is 0.239 e. The van der Waals surface area contributed by atoms with E-state index in [1.165, 1.54) is 12.8 Å². The molecular formula is C9H17N3OS. The van der Waals surface area contributed by atoms with Crippen LogP contribution in [0.4, 0.5) is 0 Å². The third kappa shape index (κ3) is 3.49. The van der Waals surface area contributed by atoms with Gasteiger partial charge < -0.3 is 16.4 Å². The third-order valence-corrected chi connectivity index (χ3v) is 2.70. The van der Waals surface area contributed by atoms with Crippen LogP contribution in [0.25, 0.3) is 0 Å². The highest BCUT2D eigenvalue weighted by molar-refractivity contribution is 7.80. The minimum Gasteiger partial charge on any atom is -0.368 e. The lowest BCUT2D eigenvalue weighted by Gasteiger charge is -2.18. The van der Waals surface area contributed by atoms with Crippen molar-refractivity contribution in [3.8, 4) is 0 Å². The molecule has 80 valence electrons. The number of nitrogens with two attached hydrogens (primary N) is 1. The Balaban J connectivity index is 2.24. The Bertz CT molecular complexity index is 226. The molecule has 1 unspecified atom stereocenters. The lowest BCUT2D eigenvalue weighted by Crippen LogP contribution is -2.48. The molecule has 0 radical (unpaired) electrons. The van der Waals surface area contributed by atoms with Gasteiger partial charge in [0.1, 0.15) is 6.04 Å². The van der Waals surface area contributed by atoms with Gasteiger partial charge in [-0.25, -0.2) is 0 Å². The Kier molecular flexibility index (Phi) is 4.13. The fourth-order valence-corrected chi connectivity index (χ4v) is 1.91. The molecule has 0 aliphatic heterocycles. The SMILES string of the molecule is CC(NC(=S)NC1CCCC1)C(N)=O. The van der Waals surface area contributed by atoms with Crippen LogP contribution in [0.15, 0.2) is 0 Å². The normalized spacial score (nSPS) is 18.9. The van der Waals surface area contributed by atoms with Crippen molar-refractivity contribution in [3.05, 3.63) is 0 Å². The molecule has 0 aromatic heterocycles. The lowest BCUT2D eigenvalue weighted by molar-refractivity contribution is -0.119. The Hall–Kier alpha value is -0.840. The lowest BCUT2D eigenvalue weighted by atomic mass is 10.2. The summed E-state index contributed by atoms with van der Waals surface area (Å²) in [7, 11) is 0. The summed E-state index contributed by atoms with van der Waals surface area (Å²) in [5.74, 6) is -0.388. The van der Waals surface area contributed by atoms with Crippen LogP contribution >= 0.6 is 12.2 Å². The molecule has 0 bridgehead atoms. The van der Waals surface area contributed by atoms with Gasteiger partial charge in [-0.2, -0.15) is 0 Å². The molecule has 1 rings (SSSR count). The number of primary amides is 1. The first-order chi connectivity index (χ1) is 6.59. The highest BCUT2D eigenvalue weighted by Gasteiger charge is 2.17. The summed E-state index contributed by atoms with van der Waals surface area (Å²) in [6.07, 6.45) is 4.83. The van der Waals surface area contributed by atoms with E-state index in [1.807, 2.05) is 0 Å². The zero-order valence-electron chi connectivity index (χ0n) is 8.38. The number of thiocarbonyl (C=S) groups is 1. The summed E-state index contributed by atoms with van der Waals surface area (Å²) < 4.78 is 0. The van der Waals surface area contributed by atoms with E-state index < -0.39 is 6.04 Å². The van der Waals surface area contributed by atoms with E-state index in [4.69, 9.17) is 18.0 Å². The Labute approximate surface area is 89.6 Å². The molecule has 1 fully saturated rings. The monoisotopic (exact) mass is 215 g/mol. The molecule has 1 amide bonds. The molecule has 1 atom stereocenters. The Morgan fingerprint density at radius 1 is 1.50 bits per heavy atom. The number of hydrogen-bond donors (Lipinski definition) is 3. The summed E-state index contributed by atoms with van der Waals surface area (Å²) in [6, 6.07) is 0.0616. The number of hydrogen-bond acceptors (Lipinski definition) is 2. The summed E-state index contributed by atoms with van der Waals surface area (Å²) >= 11 is 5.06. The molecule has 0 heterocycles. The molecule has 1 aliphatic carbocycles. The van der Waals surface area contributed by atoms with E-state index in [-0.39, 0.29) is 5.91 Å². The summed E-state index contributed by atoms with van der Waals surface area (Å²) in [4.78, 5) is 10.7. The third-order valence-electron chi connectivity index (χ3n) is 2.46. The Morgan fingerprint density at radius 3 is 2.57 bits per heavy atom. The number of nitrogens with one attached hydrogen (secondary N) is 2. The van der Waals surface area contributed by atoms with Gasteiger partial charge in [0.25, 0.3) is 0 Å². The van der Waals surface area contributed by atoms with Gasteiger partial charge in [-0.15, -0.1) is 0 Å². The molecule has 1 aliphatic rings. The van der Waals surface area contributed by atoms with Gasteiger partial charge >= 0.3 is 0 Å². The zero-order chi connectivity index (χ0) is 10.6. The largest absolute Gasteiger partial charge is 0.368 e. The maximum Gasteiger partial charge on any atom is 0.239 e.